The van der Waals surface area contributed by atoms with E-state index in [0.29, 0.717) is 11.5 Å². The lowest BCUT2D eigenvalue weighted by Crippen LogP contribution is -2.32. The molecule has 2 aromatic rings. The van der Waals surface area contributed by atoms with E-state index >= 15 is 0 Å². The van der Waals surface area contributed by atoms with Crippen LogP contribution in [-0.2, 0) is 25.1 Å². The van der Waals surface area contributed by atoms with E-state index < -0.39 is 15.7 Å². The fraction of sp³-hybridized carbons (Fsp3) is 0.652. The van der Waals surface area contributed by atoms with Gasteiger partial charge in [0, 0.05) is 17.4 Å². The lowest BCUT2D eigenvalue weighted by molar-refractivity contribution is -0.0560. The normalized spacial score (nSPS) is 26.5. The van der Waals surface area contributed by atoms with E-state index in [4.69, 9.17) is 14.0 Å². The molecule has 1 spiro atoms. The molecule has 0 amide bonds. The molecule has 2 heterocycles. The maximum Gasteiger partial charge on any atom is 0.255 e. The molecule has 0 unspecified atom stereocenters. The number of aromatic nitrogens is 2. The number of benzene rings is 1. The van der Waals surface area contributed by atoms with Crippen molar-refractivity contribution in [1.29, 1.82) is 0 Å². The second-order valence-corrected chi connectivity index (χ2v) is 12.2. The van der Waals surface area contributed by atoms with Gasteiger partial charge in [0.1, 0.15) is 11.9 Å². The highest BCUT2D eigenvalue weighted by atomic mass is 32.2. The Morgan fingerprint density at radius 1 is 1.28 bits per heavy atom. The summed E-state index contributed by atoms with van der Waals surface area (Å²) >= 11 is 0. The number of hydrogen-bond donors (Lipinski definition) is 0. The molecule has 1 saturated heterocycles. The smallest absolute Gasteiger partial charge is 0.255 e. The van der Waals surface area contributed by atoms with Gasteiger partial charge in [-0.05, 0) is 64.4 Å². The first-order valence-electron chi connectivity index (χ1n) is 11.0. The predicted molar refractivity (Wildman–Crippen MR) is 117 cm³/mol. The molecule has 1 aromatic carbocycles. The van der Waals surface area contributed by atoms with Crippen LogP contribution in [0.1, 0.15) is 70.4 Å². The number of rotatable bonds is 6. The zero-order valence-electron chi connectivity index (χ0n) is 19.1. The third-order valence-corrected chi connectivity index (χ3v) is 7.31. The van der Waals surface area contributed by atoms with Gasteiger partial charge in [0.05, 0.1) is 24.1 Å². The van der Waals surface area contributed by atoms with E-state index in [9.17, 15) is 12.8 Å². The fourth-order valence-corrected chi connectivity index (χ4v) is 5.76. The number of nitrogens with zero attached hydrogens (tertiary/aromatic N) is 2. The molecule has 2 aliphatic rings. The Balaban J connectivity index is 1.36. The van der Waals surface area contributed by atoms with Crippen molar-refractivity contribution < 1.29 is 26.8 Å². The number of ether oxygens (including phenoxy) is 2. The SMILES string of the molecule is C[C@H](OC1CCC2(CC1)COC(C)(C)C2)c1nc(-c2ccc(CS(C)(=O)=O)c(F)c2)no1. The summed E-state index contributed by atoms with van der Waals surface area (Å²) in [7, 11) is -3.33. The van der Waals surface area contributed by atoms with E-state index in [2.05, 4.69) is 24.0 Å². The van der Waals surface area contributed by atoms with Crippen LogP contribution in [0.15, 0.2) is 22.7 Å². The Morgan fingerprint density at radius 3 is 2.59 bits per heavy atom. The molecule has 2 fully saturated rings. The summed E-state index contributed by atoms with van der Waals surface area (Å²) < 4.78 is 54.7. The van der Waals surface area contributed by atoms with Gasteiger partial charge in [0.15, 0.2) is 9.84 Å². The summed E-state index contributed by atoms with van der Waals surface area (Å²) in [5.74, 6) is -0.383. The highest BCUT2D eigenvalue weighted by Gasteiger charge is 2.46. The van der Waals surface area contributed by atoms with Crippen LogP contribution in [0.25, 0.3) is 11.4 Å². The monoisotopic (exact) mass is 466 g/mol. The lowest BCUT2D eigenvalue weighted by atomic mass is 9.70. The highest BCUT2D eigenvalue weighted by molar-refractivity contribution is 7.89. The van der Waals surface area contributed by atoms with Gasteiger partial charge in [0.25, 0.3) is 5.89 Å². The van der Waals surface area contributed by atoms with Crippen LogP contribution in [0, 0.1) is 11.2 Å². The summed E-state index contributed by atoms with van der Waals surface area (Å²) in [6.07, 6.45) is 6.03. The standard InChI is InChI=1S/C23H31FN2O5S/c1-15(30-18-7-9-23(10-8-18)13-22(2,3)29-14-23)21-25-20(26-31-21)16-5-6-17(19(24)11-16)12-32(4,27)28/h5-6,11,15,18H,7-10,12-14H2,1-4H3/t15-,18?,23?/m0/s1. The summed E-state index contributed by atoms with van der Waals surface area (Å²) in [5.41, 5.74) is 0.773. The summed E-state index contributed by atoms with van der Waals surface area (Å²) in [4.78, 5) is 4.37. The average molecular weight is 467 g/mol. The molecule has 1 saturated carbocycles. The first-order chi connectivity index (χ1) is 14.9. The van der Waals surface area contributed by atoms with Crippen molar-refractivity contribution in [1.82, 2.24) is 10.1 Å². The van der Waals surface area contributed by atoms with E-state index in [-0.39, 0.29) is 40.4 Å². The van der Waals surface area contributed by atoms with Gasteiger partial charge in [-0.1, -0.05) is 17.3 Å². The van der Waals surface area contributed by atoms with Crippen LogP contribution in [0.5, 0.6) is 0 Å². The van der Waals surface area contributed by atoms with E-state index in [1.54, 1.807) is 6.07 Å². The molecule has 1 aromatic heterocycles. The van der Waals surface area contributed by atoms with Crippen molar-refractivity contribution in [3.8, 4) is 11.4 Å². The number of halogens is 1. The van der Waals surface area contributed by atoms with Crippen molar-refractivity contribution in [2.45, 2.75) is 76.4 Å². The number of hydrogen-bond acceptors (Lipinski definition) is 7. The van der Waals surface area contributed by atoms with Gasteiger partial charge in [-0.3, -0.25) is 0 Å². The van der Waals surface area contributed by atoms with Crippen molar-refractivity contribution in [2.24, 2.45) is 5.41 Å². The molecule has 7 nitrogen and oxygen atoms in total. The van der Waals surface area contributed by atoms with Crippen molar-refractivity contribution >= 4 is 9.84 Å². The van der Waals surface area contributed by atoms with E-state index in [0.717, 1.165) is 45.0 Å². The maximum atomic E-state index is 14.3. The molecule has 0 radical (unpaired) electrons. The third kappa shape index (κ3) is 5.38. The van der Waals surface area contributed by atoms with Gasteiger partial charge < -0.3 is 14.0 Å². The molecule has 9 heteroatoms. The average Bonchev–Trinajstić information content (AvgIpc) is 3.30. The molecular weight excluding hydrogens is 435 g/mol. The van der Waals surface area contributed by atoms with E-state index in [1.165, 1.54) is 12.1 Å². The molecule has 4 rings (SSSR count). The van der Waals surface area contributed by atoms with Crippen LogP contribution in [0.4, 0.5) is 4.39 Å². The highest BCUT2D eigenvalue weighted by Crippen LogP contribution is 2.49. The molecule has 32 heavy (non-hydrogen) atoms. The van der Waals surface area contributed by atoms with Crippen molar-refractivity contribution in [3.63, 3.8) is 0 Å². The Kier molecular flexibility index (Phi) is 6.19. The Bertz CT molecular complexity index is 1070. The number of sulfone groups is 1. The first kappa shape index (κ1) is 23.3. The van der Waals surface area contributed by atoms with Crippen molar-refractivity contribution in [2.75, 3.05) is 12.9 Å². The summed E-state index contributed by atoms with van der Waals surface area (Å²) in [6, 6.07) is 4.26. The van der Waals surface area contributed by atoms with Crippen LogP contribution in [0.3, 0.4) is 0 Å². The second-order valence-electron chi connectivity index (χ2n) is 10.0. The fourth-order valence-electron chi connectivity index (χ4n) is 4.96. The maximum absolute atomic E-state index is 14.3. The van der Waals surface area contributed by atoms with Gasteiger partial charge in [-0.15, -0.1) is 0 Å². The summed E-state index contributed by atoms with van der Waals surface area (Å²) in [6.45, 7) is 7.02. The zero-order valence-corrected chi connectivity index (χ0v) is 19.9. The third-order valence-electron chi connectivity index (χ3n) is 6.48. The van der Waals surface area contributed by atoms with E-state index in [1.807, 2.05) is 6.92 Å². The quantitative estimate of drug-likeness (QED) is 0.613. The minimum atomic E-state index is -3.33. The zero-order chi connectivity index (χ0) is 23.1. The van der Waals surface area contributed by atoms with Gasteiger partial charge in [-0.25, -0.2) is 12.8 Å². The molecule has 1 atom stereocenters. The largest absolute Gasteiger partial charge is 0.375 e. The Hall–Kier alpha value is -1.84. The molecular formula is C23H31FN2O5S. The van der Waals surface area contributed by atoms with Crippen LogP contribution < -0.4 is 0 Å². The first-order valence-corrected chi connectivity index (χ1v) is 13.1. The predicted octanol–water partition coefficient (Wildman–Crippen LogP) is 4.63. The molecule has 176 valence electrons. The van der Waals surface area contributed by atoms with Crippen molar-refractivity contribution in [3.05, 3.63) is 35.5 Å². The molecule has 0 bridgehead atoms. The lowest BCUT2D eigenvalue weighted by Gasteiger charge is -2.37. The second kappa shape index (κ2) is 8.50. The van der Waals surface area contributed by atoms with Crippen LogP contribution in [0.2, 0.25) is 0 Å². The minimum Gasteiger partial charge on any atom is -0.375 e. The van der Waals surface area contributed by atoms with Gasteiger partial charge >= 0.3 is 0 Å². The van der Waals surface area contributed by atoms with Crippen LogP contribution >= 0.6 is 0 Å². The molecule has 1 aliphatic carbocycles. The molecule has 0 N–H and O–H groups in total. The minimum absolute atomic E-state index is 0.0381. The summed E-state index contributed by atoms with van der Waals surface area (Å²) in [5, 5.41) is 3.95. The topological polar surface area (TPSA) is 91.5 Å². The van der Waals surface area contributed by atoms with Gasteiger partial charge in [0.2, 0.25) is 5.82 Å². The Morgan fingerprint density at radius 2 is 2.00 bits per heavy atom. The Labute approximate surface area is 188 Å². The molecule has 1 aliphatic heterocycles. The van der Waals surface area contributed by atoms with Gasteiger partial charge in [-0.2, -0.15) is 4.98 Å². The van der Waals surface area contributed by atoms with Crippen LogP contribution in [-0.4, -0.2) is 43.1 Å².